The number of aryl methyl sites for hydroxylation is 1. The molecule has 1 unspecified atom stereocenters. The minimum Gasteiger partial charge on any atom is -0.438 e. The summed E-state index contributed by atoms with van der Waals surface area (Å²) in [6.45, 7) is 8.80. The first kappa shape index (κ1) is 20.7. The minimum absolute atomic E-state index is 0.00414. The van der Waals surface area contributed by atoms with Gasteiger partial charge in [-0.3, -0.25) is 9.59 Å². The van der Waals surface area contributed by atoms with Crippen molar-refractivity contribution in [2.75, 3.05) is 13.1 Å². The number of imidazole rings is 1. The second-order valence-corrected chi connectivity index (χ2v) is 6.90. The van der Waals surface area contributed by atoms with Gasteiger partial charge in [-0.05, 0) is 26.7 Å². The lowest BCUT2D eigenvalue weighted by molar-refractivity contribution is -0.124. The van der Waals surface area contributed by atoms with Crippen molar-refractivity contribution in [1.82, 2.24) is 25.2 Å². The van der Waals surface area contributed by atoms with E-state index in [0.29, 0.717) is 43.8 Å². The minimum atomic E-state index is -0.154. The first-order chi connectivity index (χ1) is 12.9. The van der Waals surface area contributed by atoms with Crippen LogP contribution in [0, 0.1) is 5.92 Å². The molecule has 0 aliphatic carbocycles. The molecule has 2 aromatic heterocycles. The number of carbonyl (C=O) groups is 2. The zero-order chi connectivity index (χ0) is 19.8. The van der Waals surface area contributed by atoms with E-state index in [9.17, 15) is 9.59 Å². The Morgan fingerprint density at radius 2 is 2.11 bits per heavy atom. The molecular weight excluding hydrogens is 346 g/mol. The Morgan fingerprint density at radius 1 is 1.33 bits per heavy atom. The van der Waals surface area contributed by atoms with Gasteiger partial charge in [-0.1, -0.05) is 13.8 Å². The average Bonchev–Trinajstić information content (AvgIpc) is 3.31. The monoisotopic (exact) mass is 375 g/mol. The predicted octanol–water partition coefficient (Wildman–Crippen LogP) is 2.20. The number of rotatable bonds is 10. The van der Waals surface area contributed by atoms with E-state index in [2.05, 4.69) is 20.3 Å². The van der Waals surface area contributed by atoms with Gasteiger partial charge in [0.05, 0.1) is 12.0 Å². The molecule has 8 heteroatoms. The first-order valence-corrected chi connectivity index (χ1v) is 9.42. The third kappa shape index (κ3) is 5.67. The Morgan fingerprint density at radius 3 is 2.74 bits per heavy atom. The summed E-state index contributed by atoms with van der Waals surface area (Å²) < 4.78 is 5.29. The molecule has 0 aliphatic heterocycles. The lowest BCUT2D eigenvalue weighted by Gasteiger charge is -2.26. The molecule has 2 heterocycles. The van der Waals surface area contributed by atoms with E-state index in [1.807, 2.05) is 27.7 Å². The van der Waals surface area contributed by atoms with Crippen molar-refractivity contribution in [1.29, 1.82) is 0 Å². The molecule has 27 heavy (non-hydrogen) atoms. The Labute approximate surface area is 159 Å². The van der Waals surface area contributed by atoms with Crippen LogP contribution in [0.1, 0.15) is 56.1 Å². The number of H-pyrrole nitrogens is 1. The van der Waals surface area contributed by atoms with Crippen LogP contribution < -0.4 is 5.32 Å². The van der Waals surface area contributed by atoms with E-state index in [-0.39, 0.29) is 23.8 Å². The second kappa shape index (κ2) is 9.89. The van der Waals surface area contributed by atoms with Gasteiger partial charge in [-0.2, -0.15) is 0 Å². The summed E-state index contributed by atoms with van der Waals surface area (Å²) in [6.07, 6.45) is 6.58. The van der Waals surface area contributed by atoms with Gasteiger partial charge in [-0.25, -0.2) is 9.97 Å². The highest BCUT2D eigenvalue weighted by atomic mass is 16.3. The number of carbonyl (C=O) groups excluding carboxylic acids is 2. The van der Waals surface area contributed by atoms with Crippen LogP contribution in [0.15, 0.2) is 23.3 Å². The van der Waals surface area contributed by atoms with Gasteiger partial charge < -0.3 is 19.6 Å². The molecule has 8 nitrogen and oxygen atoms in total. The van der Waals surface area contributed by atoms with E-state index in [4.69, 9.17) is 4.42 Å². The Kier molecular flexibility index (Phi) is 7.57. The molecule has 2 amide bonds. The summed E-state index contributed by atoms with van der Waals surface area (Å²) in [7, 11) is 0. The third-order valence-corrected chi connectivity index (χ3v) is 4.46. The SMILES string of the molecule is CCc1ncoc1C(=O)N(CCCNC(=O)C(C)Cc1cnc[nH]1)C(C)C. The van der Waals surface area contributed by atoms with Crippen molar-refractivity contribution in [2.24, 2.45) is 5.92 Å². The highest BCUT2D eigenvalue weighted by molar-refractivity contribution is 5.92. The molecule has 0 radical (unpaired) electrons. The van der Waals surface area contributed by atoms with Crippen molar-refractivity contribution < 1.29 is 14.0 Å². The highest BCUT2D eigenvalue weighted by Crippen LogP contribution is 2.14. The fourth-order valence-corrected chi connectivity index (χ4v) is 2.87. The molecule has 0 saturated heterocycles. The van der Waals surface area contributed by atoms with Crippen LogP contribution in [0.4, 0.5) is 0 Å². The van der Waals surface area contributed by atoms with E-state index in [0.717, 1.165) is 5.69 Å². The van der Waals surface area contributed by atoms with Crippen LogP contribution in [-0.2, 0) is 17.6 Å². The van der Waals surface area contributed by atoms with E-state index >= 15 is 0 Å². The summed E-state index contributed by atoms with van der Waals surface area (Å²) in [4.78, 5) is 37.7. The molecule has 2 aromatic rings. The molecule has 148 valence electrons. The summed E-state index contributed by atoms with van der Waals surface area (Å²) in [5.74, 6) is 0.00632. The quantitative estimate of drug-likeness (QED) is 0.620. The predicted molar refractivity (Wildman–Crippen MR) is 101 cm³/mol. The maximum absolute atomic E-state index is 12.7. The number of hydrogen-bond acceptors (Lipinski definition) is 5. The van der Waals surface area contributed by atoms with Crippen molar-refractivity contribution in [3.8, 4) is 0 Å². The third-order valence-electron chi connectivity index (χ3n) is 4.46. The number of oxazole rings is 1. The van der Waals surface area contributed by atoms with Gasteiger partial charge in [0.2, 0.25) is 11.7 Å². The number of nitrogens with one attached hydrogen (secondary N) is 2. The standard InChI is InChI=1S/C19H29N5O3/c1-5-16-17(27-12-23-16)19(26)24(13(2)3)8-6-7-21-18(25)14(4)9-15-10-20-11-22-15/h10-14H,5-9H2,1-4H3,(H,20,22)(H,21,25). The van der Waals surface area contributed by atoms with Crippen LogP contribution >= 0.6 is 0 Å². The van der Waals surface area contributed by atoms with E-state index in [1.54, 1.807) is 17.4 Å². The average molecular weight is 375 g/mol. The number of amides is 2. The van der Waals surface area contributed by atoms with E-state index < -0.39 is 0 Å². The van der Waals surface area contributed by atoms with Gasteiger partial charge in [0.15, 0.2) is 6.39 Å². The van der Waals surface area contributed by atoms with Gasteiger partial charge in [0.25, 0.3) is 5.91 Å². The number of aromatic amines is 1. The van der Waals surface area contributed by atoms with Crippen LogP contribution in [0.2, 0.25) is 0 Å². The molecule has 2 N–H and O–H groups in total. The zero-order valence-corrected chi connectivity index (χ0v) is 16.5. The van der Waals surface area contributed by atoms with Gasteiger partial charge in [0, 0.05) is 43.4 Å². The number of hydrogen-bond donors (Lipinski definition) is 2. The zero-order valence-electron chi connectivity index (χ0n) is 16.5. The molecule has 2 rings (SSSR count). The normalized spacial score (nSPS) is 12.2. The molecule has 0 aromatic carbocycles. The fourth-order valence-electron chi connectivity index (χ4n) is 2.87. The van der Waals surface area contributed by atoms with Gasteiger partial charge >= 0.3 is 0 Å². The smallest absolute Gasteiger partial charge is 0.291 e. The highest BCUT2D eigenvalue weighted by Gasteiger charge is 2.24. The second-order valence-electron chi connectivity index (χ2n) is 6.90. The molecular formula is C19H29N5O3. The summed E-state index contributed by atoms with van der Waals surface area (Å²) in [5, 5.41) is 2.94. The first-order valence-electron chi connectivity index (χ1n) is 9.42. The van der Waals surface area contributed by atoms with Gasteiger partial charge in [0.1, 0.15) is 0 Å². The van der Waals surface area contributed by atoms with Crippen LogP contribution in [0.3, 0.4) is 0 Å². The number of aromatic nitrogens is 3. The largest absolute Gasteiger partial charge is 0.438 e. The van der Waals surface area contributed by atoms with Crippen LogP contribution in [0.5, 0.6) is 0 Å². The molecule has 0 spiro atoms. The Bertz CT molecular complexity index is 724. The van der Waals surface area contributed by atoms with Crippen molar-refractivity contribution in [3.63, 3.8) is 0 Å². The Balaban J connectivity index is 1.80. The molecule has 0 fully saturated rings. The van der Waals surface area contributed by atoms with E-state index in [1.165, 1.54) is 6.39 Å². The molecule has 0 saturated carbocycles. The fraction of sp³-hybridized carbons (Fsp3) is 0.579. The summed E-state index contributed by atoms with van der Waals surface area (Å²) in [5.41, 5.74) is 1.61. The summed E-state index contributed by atoms with van der Waals surface area (Å²) >= 11 is 0. The topological polar surface area (TPSA) is 104 Å². The molecule has 0 aliphatic rings. The lowest BCUT2D eigenvalue weighted by Crippen LogP contribution is -2.40. The summed E-state index contributed by atoms with van der Waals surface area (Å²) in [6, 6.07) is 0.0299. The number of nitrogens with zero attached hydrogens (tertiary/aromatic N) is 3. The van der Waals surface area contributed by atoms with Crippen molar-refractivity contribution in [3.05, 3.63) is 36.1 Å². The van der Waals surface area contributed by atoms with Crippen molar-refractivity contribution in [2.45, 2.75) is 53.0 Å². The molecule has 1 atom stereocenters. The van der Waals surface area contributed by atoms with Crippen molar-refractivity contribution >= 4 is 11.8 Å². The maximum atomic E-state index is 12.7. The lowest BCUT2D eigenvalue weighted by atomic mass is 10.1. The van der Waals surface area contributed by atoms with Crippen LogP contribution in [0.25, 0.3) is 0 Å². The van der Waals surface area contributed by atoms with Crippen LogP contribution in [-0.4, -0.2) is 50.8 Å². The Hall–Kier alpha value is -2.64. The molecule has 0 bridgehead atoms. The maximum Gasteiger partial charge on any atom is 0.291 e. The van der Waals surface area contributed by atoms with Gasteiger partial charge in [-0.15, -0.1) is 0 Å².